The zero-order chi connectivity index (χ0) is 14.0. The van der Waals surface area contributed by atoms with Gasteiger partial charge in [0.15, 0.2) is 9.84 Å². The van der Waals surface area contributed by atoms with Crippen molar-refractivity contribution in [2.24, 2.45) is 5.41 Å². The predicted molar refractivity (Wildman–Crippen MR) is 73.2 cm³/mol. The number of hydrogen-bond donors (Lipinski definition) is 1. The van der Waals surface area contributed by atoms with Gasteiger partial charge in [0.05, 0.1) is 16.2 Å². The standard InChI is InChI=1S/C14H22O3S/c1-11(15)13(10-14(2,3)4)18(16,17)12-8-6-5-7-9-12/h5-9,11,13,15H,10H2,1-4H3/t11-,13-/m1/s1. The Morgan fingerprint density at radius 1 is 1.17 bits per heavy atom. The van der Waals surface area contributed by atoms with Crippen LogP contribution in [0.2, 0.25) is 0 Å². The number of aliphatic hydroxyl groups excluding tert-OH is 1. The summed E-state index contributed by atoms with van der Waals surface area (Å²) in [4.78, 5) is 0.278. The first kappa shape index (κ1) is 15.2. The Morgan fingerprint density at radius 2 is 1.67 bits per heavy atom. The third-order valence-corrected chi connectivity index (χ3v) is 5.11. The van der Waals surface area contributed by atoms with Gasteiger partial charge in [0.2, 0.25) is 0 Å². The highest BCUT2D eigenvalue weighted by Gasteiger charge is 2.34. The molecule has 0 aromatic heterocycles. The highest BCUT2D eigenvalue weighted by atomic mass is 32.2. The molecule has 0 heterocycles. The summed E-state index contributed by atoms with van der Waals surface area (Å²) in [6.45, 7) is 7.46. The third kappa shape index (κ3) is 3.82. The molecule has 1 aromatic carbocycles. The summed E-state index contributed by atoms with van der Waals surface area (Å²) in [5.41, 5.74) is -0.149. The van der Waals surface area contributed by atoms with Crippen LogP contribution in [-0.4, -0.2) is 24.9 Å². The maximum atomic E-state index is 12.5. The molecule has 3 nitrogen and oxygen atoms in total. The van der Waals surface area contributed by atoms with Crippen LogP contribution < -0.4 is 0 Å². The molecule has 0 aliphatic heterocycles. The van der Waals surface area contributed by atoms with Gasteiger partial charge in [0.25, 0.3) is 0 Å². The van der Waals surface area contributed by atoms with Crippen molar-refractivity contribution in [3.8, 4) is 0 Å². The Hall–Kier alpha value is -0.870. The summed E-state index contributed by atoms with van der Waals surface area (Å²) in [6, 6.07) is 8.33. The molecule has 0 saturated heterocycles. The van der Waals surface area contributed by atoms with Crippen LogP contribution in [0.1, 0.15) is 34.1 Å². The van der Waals surface area contributed by atoms with Crippen molar-refractivity contribution in [3.63, 3.8) is 0 Å². The van der Waals surface area contributed by atoms with Crippen LogP contribution >= 0.6 is 0 Å². The van der Waals surface area contributed by atoms with Crippen molar-refractivity contribution in [3.05, 3.63) is 30.3 Å². The molecule has 4 heteroatoms. The minimum absolute atomic E-state index is 0.149. The van der Waals surface area contributed by atoms with Gasteiger partial charge in [-0.3, -0.25) is 0 Å². The predicted octanol–water partition coefficient (Wildman–Crippen LogP) is 2.65. The van der Waals surface area contributed by atoms with Crippen molar-refractivity contribution in [1.82, 2.24) is 0 Å². The monoisotopic (exact) mass is 270 g/mol. The van der Waals surface area contributed by atoms with E-state index in [0.717, 1.165) is 0 Å². The Morgan fingerprint density at radius 3 is 2.06 bits per heavy atom. The minimum atomic E-state index is -3.48. The number of sulfone groups is 1. The van der Waals surface area contributed by atoms with Gasteiger partial charge in [0, 0.05) is 0 Å². The zero-order valence-corrected chi connectivity index (χ0v) is 12.2. The number of rotatable bonds is 4. The molecule has 0 radical (unpaired) electrons. The lowest BCUT2D eigenvalue weighted by Crippen LogP contribution is -2.35. The minimum Gasteiger partial charge on any atom is -0.392 e. The molecule has 0 unspecified atom stereocenters. The Bertz CT molecular complexity index is 470. The number of benzene rings is 1. The van der Waals surface area contributed by atoms with Crippen molar-refractivity contribution in [2.45, 2.75) is 50.4 Å². The lowest BCUT2D eigenvalue weighted by molar-refractivity contribution is 0.166. The summed E-state index contributed by atoms with van der Waals surface area (Å²) < 4.78 is 25.0. The highest BCUT2D eigenvalue weighted by Crippen LogP contribution is 2.29. The first-order valence-electron chi connectivity index (χ1n) is 6.11. The molecule has 0 aliphatic rings. The van der Waals surface area contributed by atoms with E-state index in [-0.39, 0.29) is 10.3 Å². The van der Waals surface area contributed by atoms with Gasteiger partial charge in [-0.1, -0.05) is 39.0 Å². The Balaban J connectivity index is 3.14. The molecule has 18 heavy (non-hydrogen) atoms. The fourth-order valence-corrected chi connectivity index (χ4v) is 4.05. The van der Waals surface area contributed by atoms with Crippen LogP contribution in [0.3, 0.4) is 0 Å². The molecule has 1 N–H and O–H groups in total. The molecule has 0 bridgehead atoms. The third-order valence-electron chi connectivity index (χ3n) is 2.82. The van der Waals surface area contributed by atoms with Crippen LogP contribution in [0, 0.1) is 5.41 Å². The molecule has 0 fully saturated rings. The number of hydrogen-bond acceptors (Lipinski definition) is 3. The zero-order valence-electron chi connectivity index (χ0n) is 11.4. The van der Waals surface area contributed by atoms with E-state index in [2.05, 4.69) is 0 Å². The topological polar surface area (TPSA) is 54.4 Å². The molecule has 0 aliphatic carbocycles. The summed E-state index contributed by atoms with van der Waals surface area (Å²) in [7, 11) is -3.48. The maximum absolute atomic E-state index is 12.5. The first-order valence-corrected chi connectivity index (χ1v) is 7.66. The van der Waals surface area contributed by atoms with Crippen molar-refractivity contribution in [1.29, 1.82) is 0 Å². The van der Waals surface area contributed by atoms with Gasteiger partial charge < -0.3 is 5.11 Å². The van der Waals surface area contributed by atoms with E-state index in [1.165, 1.54) is 6.92 Å². The van der Waals surface area contributed by atoms with E-state index in [4.69, 9.17) is 0 Å². The second kappa shape index (κ2) is 5.41. The van der Waals surface area contributed by atoms with Gasteiger partial charge in [-0.15, -0.1) is 0 Å². The highest BCUT2D eigenvalue weighted by molar-refractivity contribution is 7.92. The van der Waals surface area contributed by atoms with Crippen LogP contribution in [0.15, 0.2) is 35.2 Å². The van der Waals surface area contributed by atoms with Crippen LogP contribution in [-0.2, 0) is 9.84 Å². The van der Waals surface area contributed by atoms with Crippen LogP contribution in [0.25, 0.3) is 0 Å². The van der Waals surface area contributed by atoms with Crippen LogP contribution in [0.4, 0.5) is 0 Å². The van der Waals surface area contributed by atoms with Gasteiger partial charge in [-0.05, 0) is 30.9 Å². The Labute approximate surface area is 110 Å². The molecule has 102 valence electrons. The smallest absolute Gasteiger partial charge is 0.183 e. The molecule has 0 amide bonds. The van der Waals surface area contributed by atoms with Gasteiger partial charge >= 0.3 is 0 Å². The summed E-state index contributed by atoms with van der Waals surface area (Å²) in [5.74, 6) is 0. The lowest BCUT2D eigenvalue weighted by atomic mass is 9.89. The molecule has 2 atom stereocenters. The molecular formula is C14H22O3S. The summed E-state index contributed by atoms with van der Waals surface area (Å²) >= 11 is 0. The molecular weight excluding hydrogens is 248 g/mol. The van der Waals surface area contributed by atoms with Crippen molar-refractivity contribution < 1.29 is 13.5 Å². The van der Waals surface area contributed by atoms with E-state index >= 15 is 0 Å². The summed E-state index contributed by atoms with van der Waals surface area (Å²) in [6.07, 6.45) is -0.448. The van der Waals surface area contributed by atoms with E-state index in [1.54, 1.807) is 30.3 Å². The second-order valence-electron chi connectivity index (χ2n) is 5.90. The first-order chi connectivity index (χ1) is 8.14. The van der Waals surface area contributed by atoms with Crippen molar-refractivity contribution in [2.75, 3.05) is 0 Å². The van der Waals surface area contributed by atoms with Crippen molar-refractivity contribution >= 4 is 9.84 Å². The molecule has 1 aromatic rings. The largest absolute Gasteiger partial charge is 0.392 e. The number of aliphatic hydroxyl groups is 1. The van der Waals surface area contributed by atoms with Gasteiger partial charge in [-0.25, -0.2) is 8.42 Å². The second-order valence-corrected chi connectivity index (χ2v) is 8.07. The van der Waals surface area contributed by atoms with E-state index < -0.39 is 21.2 Å². The van der Waals surface area contributed by atoms with Crippen LogP contribution in [0.5, 0.6) is 0 Å². The molecule has 0 spiro atoms. The van der Waals surface area contributed by atoms with Gasteiger partial charge in [0.1, 0.15) is 0 Å². The maximum Gasteiger partial charge on any atom is 0.183 e. The fourth-order valence-electron chi connectivity index (χ4n) is 1.93. The van der Waals surface area contributed by atoms with E-state index in [1.807, 2.05) is 20.8 Å². The quantitative estimate of drug-likeness (QED) is 0.915. The lowest BCUT2D eigenvalue weighted by Gasteiger charge is -2.27. The van der Waals surface area contributed by atoms with E-state index in [9.17, 15) is 13.5 Å². The SMILES string of the molecule is C[C@@H](O)[C@@H](CC(C)(C)C)S(=O)(=O)c1ccccc1. The fraction of sp³-hybridized carbons (Fsp3) is 0.571. The molecule has 1 rings (SSSR count). The molecule has 0 saturated carbocycles. The summed E-state index contributed by atoms with van der Waals surface area (Å²) in [5, 5.41) is 9.03. The van der Waals surface area contributed by atoms with Gasteiger partial charge in [-0.2, -0.15) is 0 Å². The average molecular weight is 270 g/mol. The Kier molecular flexibility index (Phi) is 4.56. The van der Waals surface area contributed by atoms with E-state index in [0.29, 0.717) is 6.42 Å². The average Bonchev–Trinajstić information content (AvgIpc) is 2.25. The normalized spacial score (nSPS) is 16.3.